The first kappa shape index (κ1) is 13.2. The van der Waals surface area contributed by atoms with Crippen molar-refractivity contribution in [1.29, 1.82) is 0 Å². The van der Waals surface area contributed by atoms with Crippen molar-refractivity contribution < 1.29 is 0 Å². The average molecular weight is 293 g/mol. The molecule has 5 nitrogen and oxygen atoms in total. The molecule has 0 radical (unpaired) electrons. The fourth-order valence-corrected chi connectivity index (χ4v) is 3.12. The van der Waals surface area contributed by atoms with Gasteiger partial charge in [-0.25, -0.2) is 4.98 Å². The number of fused-ring (bicyclic) bond motifs is 1. The van der Waals surface area contributed by atoms with E-state index in [4.69, 9.17) is 0 Å². The molecule has 5 heteroatoms. The predicted octanol–water partition coefficient (Wildman–Crippen LogP) is 3.54. The topological polar surface area (TPSA) is 55.1 Å². The lowest BCUT2D eigenvalue weighted by atomic mass is 9.95. The lowest BCUT2D eigenvalue weighted by molar-refractivity contribution is 0.461. The molecule has 1 saturated carbocycles. The third-order valence-corrected chi connectivity index (χ3v) is 4.24. The quantitative estimate of drug-likeness (QED) is 0.802. The van der Waals surface area contributed by atoms with Crippen LogP contribution in [0.25, 0.3) is 17.0 Å². The number of aromatic nitrogens is 4. The molecule has 112 valence electrons. The van der Waals surface area contributed by atoms with Crippen LogP contribution in [0.15, 0.2) is 42.7 Å². The van der Waals surface area contributed by atoms with Gasteiger partial charge in [0.2, 0.25) is 0 Å². The molecule has 0 aromatic carbocycles. The summed E-state index contributed by atoms with van der Waals surface area (Å²) >= 11 is 0. The standard InChI is InChI=1S/C17H19N5/c1-2-6-13(7-3-1)20-17-12-15(14-8-4-5-10-18-14)21-16-9-11-19-22(16)17/h4-5,8-13,20H,1-3,6-7H2. The van der Waals surface area contributed by atoms with E-state index in [1.807, 2.05) is 28.8 Å². The second kappa shape index (κ2) is 5.75. The van der Waals surface area contributed by atoms with Gasteiger partial charge in [-0.2, -0.15) is 9.61 Å². The molecule has 0 unspecified atom stereocenters. The average Bonchev–Trinajstić information content (AvgIpc) is 3.05. The van der Waals surface area contributed by atoms with E-state index in [1.165, 1.54) is 32.1 Å². The Morgan fingerprint density at radius 2 is 1.91 bits per heavy atom. The summed E-state index contributed by atoms with van der Waals surface area (Å²) in [7, 11) is 0. The lowest BCUT2D eigenvalue weighted by Crippen LogP contribution is -2.23. The van der Waals surface area contributed by atoms with E-state index in [0.717, 1.165) is 22.9 Å². The molecule has 4 rings (SSSR count). The van der Waals surface area contributed by atoms with Crippen LogP contribution in [0.1, 0.15) is 32.1 Å². The summed E-state index contributed by atoms with van der Waals surface area (Å²) in [5, 5.41) is 8.04. The molecule has 3 aromatic rings. The number of hydrogen-bond acceptors (Lipinski definition) is 4. The molecular weight excluding hydrogens is 274 g/mol. The molecule has 3 aromatic heterocycles. The van der Waals surface area contributed by atoms with Gasteiger partial charge in [0.25, 0.3) is 0 Å². The maximum Gasteiger partial charge on any atom is 0.158 e. The maximum absolute atomic E-state index is 4.66. The van der Waals surface area contributed by atoms with Crippen molar-refractivity contribution in [1.82, 2.24) is 19.6 Å². The Morgan fingerprint density at radius 1 is 1.00 bits per heavy atom. The van der Waals surface area contributed by atoms with Crippen LogP contribution in [0.2, 0.25) is 0 Å². The minimum absolute atomic E-state index is 0.528. The lowest BCUT2D eigenvalue weighted by Gasteiger charge is -2.24. The van der Waals surface area contributed by atoms with E-state index in [9.17, 15) is 0 Å². The minimum Gasteiger partial charge on any atom is -0.367 e. The van der Waals surface area contributed by atoms with Gasteiger partial charge in [-0.3, -0.25) is 4.98 Å². The number of hydrogen-bond donors (Lipinski definition) is 1. The second-order valence-electron chi connectivity index (χ2n) is 5.82. The van der Waals surface area contributed by atoms with Gasteiger partial charge in [0.05, 0.1) is 17.6 Å². The van der Waals surface area contributed by atoms with Crippen molar-refractivity contribution >= 4 is 11.5 Å². The second-order valence-corrected chi connectivity index (χ2v) is 5.82. The molecule has 0 amide bonds. The van der Waals surface area contributed by atoms with Crippen molar-refractivity contribution in [2.24, 2.45) is 0 Å². The third-order valence-electron chi connectivity index (χ3n) is 4.24. The zero-order chi connectivity index (χ0) is 14.8. The SMILES string of the molecule is c1ccc(-c2cc(NC3CCCCC3)n3nccc3n2)nc1. The van der Waals surface area contributed by atoms with Crippen LogP contribution >= 0.6 is 0 Å². The number of anilines is 1. The van der Waals surface area contributed by atoms with Gasteiger partial charge in [-0.1, -0.05) is 25.3 Å². The van der Waals surface area contributed by atoms with Gasteiger partial charge in [-0.05, 0) is 25.0 Å². The number of pyridine rings is 1. The van der Waals surface area contributed by atoms with Crippen molar-refractivity contribution in [3.05, 3.63) is 42.7 Å². The highest BCUT2D eigenvalue weighted by atomic mass is 15.3. The molecule has 3 heterocycles. The van der Waals surface area contributed by atoms with E-state index >= 15 is 0 Å². The Labute approximate surface area is 129 Å². The molecule has 0 bridgehead atoms. The first-order valence-corrected chi connectivity index (χ1v) is 7.93. The summed E-state index contributed by atoms with van der Waals surface area (Å²) < 4.78 is 1.88. The van der Waals surface area contributed by atoms with Crippen LogP contribution in [0.4, 0.5) is 5.82 Å². The Hall–Kier alpha value is -2.43. The third kappa shape index (κ3) is 2.54. The van der Waals surface area contributed by atoms with Crippen LogP contribution in [-0.2, 0) is 0 Å². The molecule has 1 N–H and O–H groups in total. The summed E-state index contributed by atoms with van der Waals surface area (Å²) in [5.74, 6) is 1.00. The molecule has 1 fully saturated rings. The molecule has 1 aliphatic carbocycles. The highest BCUT2D eigenvalue weighted by Gasteiger charge is 2.16. The van der Waals surface area contributed by atoms with E-state index in [-0.39, 0.29) is 0 Å². The maximum atomic E-state index is 4.66. The predicted molar refractivity (Wildman–Crippen MR) is 86.7 cm³/mol. The van der Waals surface area contributed by atoms with E-state index in [1.54, 1.807) is 12.4 Å². The number of nitrogens with one attached hydrogen (secondary N) is 1. The van der Waals surface area contributed by atoms with Crippen LogP contribution in [0.5, 0.6) is 0 Å². The first-order valence-electron chi connectivity index (χ1n) is 7.93. The largest absolute Gasteiger partial charge is 0.367 e. The molecule has 0 aliphatic heterocycles. The van der Waals surface area contributed by atoms with Gasteiger partial charge in [0.15, 0.2) is 5.65 Å². The summed E-state index contributed by atoms with van der Waals surface area (Å²) in [4.78, 5) is 9.07. The summed E-state index contributed by atoms with van der Waals surface area (Å²) in [6.07, 6.45) is 10.00. The number of rotatable bonds is 3. The first-order chi connectivity index (χ1) is 10.9. The zero-order valence-electron chi connectivity index (χ0n) is 12.4. The highest BCUT2D eigenvalue weighted by Crippen LogP contribution is 2.24. The Morgan fingerprint density at radius 3 is 2.73 bits per heavy atom. The van der Waals surface area contributed by atoms with Crippen LogP contribution in [-0.4, -0.2) is 25.6 Å². The molecular formula is C17H19N5. The summed E-state index contributed by atoms with van der Waals surface area (Å²) in [6, 6.07) is 10.4. The van der Waals surface area contributed by atoms with Crippen LogP contribution in [0.3, 0.4) is 0 Å². The smallest absolute Gasteiger partial charge is 0.158 e. The van der Waals surface area contributed by atoms with Gasteiger partial charge in [0, 0.05) is 24.4 Å². The Balaban J connectivity index is 1.74. The van der Waals surface area contributed by atoms with Crippen molar-refractivity contribution in [3.63, 3.8) is 0 Å². The molecule has 0 saturated heterocycles. The van der Waals surface area contributed by atoms with Gasteiger partial charge in [-0.15, -0.1) is 0 Å². The van der Waals surface area contributed by atoms with E-state index < -0.39 is 0 Å². The van der Waals surface area contributed by atoms with Gasteiger partial charge in [0.1, 0.15) is 5.82 Å². The normalized spacial score (nSPS) is 16.0. The Bertz CT molecular complexity index is 759. The molecule has 0 spiro atoms. The van der Waals surface area contributed by atoms with Crippen molar-refractivity contribution in [3.8, 4) is 11.4 Å². The highest BCUT2D eigenvalue weighted by molar-refractivity contribution is 5.63. The Kier molecular flexibility index (Phi) is 3.46. The zero-order valence-corrected chi connectivity index (χ0v) is 12.4. The van der Waals surface area contributed by atoms with E-state index in [2.05, 4.69) is 26.4 Å². The summed E-state index contributed by atoms with van der Waals surface area (Å²) in [5.41, 5.74) is 2.62. The number of nitrogens with zero attached hydrogens (tertiary/aromatic N) is 4. The molecule has 22 heavy (non-hydrogen) atoms. The minimum atomic E-state index is 0.528. The van der Waals surface area contributed by atoms with Crippen molar-refractivity contribution in [2.75, 3.05) is 5.32 Å². The molecule has 1 aliphatic rings. The fourth-order valence-electron chi connectivity index (χ4n) is 3.12. The van der Waals surface area contributed by atoms with Crippen LogP contribution in [0, 0.1) is 0 Å². The summed E-state index contributed by atoms with van der Waals surface area (Å²) in [6.45, 7) is 0. The van der Waals surface area contributed by atoms with Crippen molar-refractivity contribution in [2.45, 2.75) is 38.1 Å². The van der Waals surface area contributed by atoms with Crippen LogP contribution < -0.4 is 5.32 Å². The van der Waals surface area contributed by atoms with Gasteiger partial charge < -0.3 is 5.32 Å². The van der Waals surface area contributed by atoms with Gasteiger partial charge >= 0.3 is 0 Å². The monoisotopic (exact) mass is 293 g/mol. The fraction of sp³-hybridized carbons (Fsp3) is 0.353. The van der Waals surface area contributed by atoms with E-state index in [0.29, 0.717) is 6.04 Å². The molecule has 0 atom stereocenters.